The lowest BCUT2D eigenvalue weighted by Gasteiger charge is -2.22. The fourth-order valence-corrected chi connectivity index (χ4v) is 3.76. The molecule has 3 amide bonds. The number of hydrogen-bond acceptors (Lipinski definition) is 6. The van der Waals surface area contributed by atoms with Gasteiger partial charge in [-0.1, -0.05) is 5.16 Å². The van der Waals surface area contributed by atoms with E-state index in [-0.39, 0.29) is 30.1 Å². The van der Waals surface area contributed by atoms with Crippen LogP contribution in [0.15, 0.2) is 29.0 Å². The molecule has 9 heteroatoms. The second-order valence-electron chi connectivity index (χ2n) is 6.07. The lowest BCUT2D eigenvalue weighted by atomic mass is 10.1. The maximum atomic E-state index is 12.6. The van der Waals surface area contributed by atoms with Crippen LogP contribution in [0.25, 0.3) is 0 Å². The van der Waals surface area contributed by atoms with Crippen LogP contribution in [0.4, 0.5) is 0 Å². The fraction of sp³-hybridized carbons (Fsp3) is 0.412. The summed E-state index contributed by atoms with van der Waals surface area (Å²) in [5, 5.41) is 9.31. The smallest absolute Gasteiger partial charge is 0.276 e. The number of likely N-dealkylation sites (N-methyl/N-ethyl adjacent to an activating group) is 1. The van der Waals surface area contributed by atoms with Crippen LogP contribution in [-0.2, 0) is 4.79 Å². The highest BCUT2D eigenvalue weighted by Crippen LogP contribution is 2.22. The van der Waals surface area contributed by atoms with Crippen LogP contribution in [-0.4, -0.2) is 53.0 Å². The molecule has 3 rings (SSSR count). The third-order valence-corrected chi connectivity index (χ3v) is 5.17. The largest absolute Gasteiger partial charge is 0.364 e. The predicted octanol–water partition coefficient (Wildman–Crippen LogP) is 1.19. The highest BCUT2D eigenvalue weighted by Gasteiger charge is 2.41. The molecule has 0 bridgehead atoms. The molecule has 1 aliphatic rings. The Bertz CT molecular complexity index is 802. The van der Waals surface area contributed by atoms with Crippen LogP contribution in [0, 0.1) is 6.92 Å². The maximum Gasteiger partial charge on any atom is 0.276 e. The molecule has 0 unspecified atom stereocenters. The van der Waals surface area contributed by atoms with Gasteiger partial charge in [0.25, 0.3) is 11.8 Å². The van der Waals surface area contributed by atoms with Gasteiger partial charge in [0, 0.05) is 30.1 Å². The van der Waals surface area contributed by atoms with E-state index >= 15 is 0 Å². The van der Waals surface area contributed by atoms with Crippen molar-refractivity contribution in [1.29, 1.82) is 0 Å². The first-order valence-electron chi connectivity index (χ1n) is 8.36. The highest BCUT2D eigenvalue weighted by atomic mass is 32.1. The van der Waals surface area contributed by atoms with Gasteiger partial charge < -0.3 is 20.1 Å². The molecule has 0 radical (unpaired) electrons. The minimum atomic E-state index is -0.658. The van der Waals surface area contributed by atoms with Crippen molar-refractivity contribution in [2.75, 3.05) is 13.1 Å². The van der Waals surface area contributed by atoms with Crippen LogP contribution in [0.5, 0.6) is 0 Å². The quantitative estimate of drug-likeness (QED) is 0.816. The third kappa shape index (κ3) is 3.77. The molecule has 2 N–H and O–H groups in total. The number of nitrogens with zero attached hydrogens (tertiary/aromatic N) is 2. The Balaban J connectivity index is 1.74. The Hall–Kier alpha value is -2.68. The fourth-order valence-electron chi connectivity index (χ4n) is 2.99. The number of amides is 3. The number of carbonyl (C=O) groups is 3. The molecule has 1 fully saturated rings. The molecule has 0 saturated carbocycles. The standard InChI is InChI=1S/C17H20N4O4S/c1-3-18-15(22)13-8-11(19-16(23)14-5-4-10(2)26-14)9-21(13)17(24)12-6-7-25-20-12/h4-7,11,13H,3,8-9H2,1-2H3,(H,18,22)(H,19,23)/t11-,13-/m0/s1. The lowest BCUT2D eigenvalue weighted by molar-refractivity contribution is -0.124. The number of rotatable bonds is 5. The van der Waals surface area contributed by atoms with Crippen molar-refractivity contribution in [2.45, 2.75) is 32.4 Å². The molecule has 8 nitrogen and oxygen atoms in total. The predicted molar refractivity (Wildman–Crippen MR) is 94.9 cm³/mol. The van der Waals surface area contributed by atoms with Crippen LogP contribution in [0.2, 0.25) is 0 Å². The maximum absolute atomic E-state index is 12.6. The van der Waals surface area contributed by atoms with Gasteiger partial charge in [0.15, 0.2) is 5.69 Å². The van der Waals surface area contributed by atoms with Crippen molar-refractivity contribution in [3.05, 3.63) is 39.9 Å². The zero-order valence-corrected chi connectivity index (χ0v) is 15.3. The van der Waals surface area contributed by atoms with E-state index in [0.29, 0.717) is 17.8 Å². The first-order valence-corrected chi connectivity index (χ1v) is 9.17. The molecule has 1 saturated heterocycles. The second-order valence-corrected chi connectivity index (χ2v) is 7.36. The first kappa shape index (κ1) is 18.1. The SMILES string of the molecule is CCNC(=O)[C@@H]1C[C@H](NC(=O)c2ccc(C)s2)CN1C(=O)c1ccon1. The lowest BCUT2D eigenvalue weighted by Crippen LogP contribution is -2.46. The van der Waals surface area contributed by atoms with Crippen molar-refractivity contribution in [1.82, 2.24) is 20.7 Å². The van der Waals surface area contributed by atoms with Gasteiger partial charge in [-0.3, -0.25) is 14.4 Å². The zero-order chi connectivity index (χ0) is 18.7. The Kier molecular flexibility index (Phi) is 5.36. The van der Waals surface area contributed by atoms with E-state index in [2.05, 4.69) is 15.8 Å². The first-order chi connectivity index (χ1) is 12.5. The number of aryl methyl sites for hydroxylation is 1. The number of nitrogens with one attached hydrogen (secondary N) is 2. The summed E-state index contributed by atoms with van der Waals surface area (Å²) in [6.07, 6.45) is 1.66. The van der Waals surface area contributed by atoms with Crippen LogP contribution >= 0.6 is 11.3 Å². The molecule has 138 valence electrons. The van der Waals surface area contributed by atoms with E-state index in [4.69, 9.17) is 4.52 Å². The van der Waals surface area contributed by atoms with Crippen molar-refractivity contribution in [3.8, 4) is 0 Å². The molecule has 1 aliphatic heterocycles. The van der Waals surface area contributed by atoms with Gasteiger partial charge in [-0.15, -0.1) is 11.3 Å². The van der Waals surface area contributed by atoms with Gasteiger partial charge in [0.05, 0.1) is 4.88 Å². The minimum Gasteiger partial charge on any atom is -0.364 e. The van der Waals surface area contributed by atoms with Crippen LogP contribution in [0.3, 0.4) is 0 Å². The minimum absolute atomic E-state index is 0.139. The summed E-state index contributed by atoms with van der Waals surface area (Å²) >= 11 is 1.41. The van der Waals surface area contributed by atoms with Gasteiger partial charge >= 0.3 is 0 Å². The van der Waals surface area contributed by atoms with E-state index in [1.165, 1.54) is 28.6 Å². The molecule has 26 heavy (non-hydrogen) atoms. The van der Waals surface area contributed by atoms with Crippen molar-refractivity contribution in [2.24, 2.45) is 0 Å². The molecule has 0 aliphatic carbocycles. The van der Waals surface area contributed by atoms with Gasteiger partial charge in [-0.25, -0.2) is 0 Å². The molecule has 0 spiro atoms. The van der Waals surface area contributed by atoms with Gasteiger partial charge in [0.2, 0.25) is 5.91 Å². The Morgan fingerprint density at radius 3 is 2.77 bits per heavy atom. The van der Waals surface area contributed by atoms with E-state index in [9.17, 15) is 14.4 Å². The van der Waals surface area contributed by atoms with Crippen LogP contribution in [0.1, 0.15) is 38.4 Å². The average Bonchev–Trinajstić information content (AvgIpc) is 3.34. The summed E-state index contributed by atoms with van der Waals surface area (Å²) in [4.78, 5) is 40.5. The van der Waals surface area contributed by atoms with Gasteiger partial charge in [-0.2, -0.15) is 0 Å². The topological polar surface area (TPSA) is 105 Å². The molecule has 2 aromatic heterocycles. The molecule has 3 heterocycles. The van der Waals surface area contributed by atoms with E-state index in [1.807, 2.05) is 19.9 Å². The molecule has 2 atom stereocenters. The summed E-state index contributed by atoms with van der Waals surface area (Å²) in [7, 11) is 0. The number of aromatic nitrogens is 1. The molecular weight excluding hydrogens is 356 g/mol. The average molecular weight is 376 g/mol. The van der Waals surface area contributed by atoms with Crippen LogP contribution < -0.4 is 10.6 Å². The van der Waals surface area contributed by atoms with Crippen molar-refractivity contribution >= 4 is 29.1 Å². The molecule has 0 aromatic carbocycles. The van der Waals surface area contributed by atoms with E-state index in [1.54, 1.807) is 6.07 Å². The highest BCUT2D eigenvalue weighted by molar-refractivity contribution is 7.13. The summed E-state index contributed by atoms with van der Waals surface area (Å²) in [5.74, 6) is -0.828. The summed E-state index contributed by atoms with van der Waals surface area (Å²) in [6.45, 7) is 4.45. The van der Waals surface area contributed by atoms with Gasteiger partial charge in [0.1, 0.15) is 12.3 Å². The Labute approximate surface area is 154 Å². The van der Waals surface area contributed by atoms with E-state index in [0.717, 1.165) is 4.88 Å². The number of likely N-dealkylation sites (tertiary alicyclic amines) is 1. The second kappa shape index (κ2) is 7.69. The Morgan fingerprint density at radius 1 is 1.35 bits per heavy atom. The number of carbonyl (C=O) groups excluding carboxylic acids is 3. The summed E-state index contributed by atoms with van der Waals surface area (Å²) in [5.41, 5.74) is 0.139. The van der Waals surface area contributed by atoms with Gasteiger partial charge in [-0.05, 0) is 32.4 Å². The van der Waals surface area contributed by atoms with Crippen molar-refractivity contribution in [3.63, 3.8) is 0 Å². The number of thiophene rings is 1. The van der Waals surface area contributed by atoms with E-state index < -0.39 is 11.9 Å². The molecule has 2 aromatic rings. The third-order valence-electron chi connectivity index (χ3n) is 4.17. The Morgan fingerprint density at radius 2 is 2.15 bits per heavy atom. The number of hydrogen-bond donors (Lipinski definition) is 2. The monoisotopic (exact) mass is 376 g/mol. The summed E-state index contributed by atoms with van der Waals surface area (Å²) in [6, 6.07) is 4.14. The molecular formula is C17H20N4O4S. The zero-order valence-electron chi connectivity index (χ0n) is 14.5. The summed E-state index contributed by atoms with van der Waals surface area (Å²) < 4.78 is 4.72. The normalized spacial score (nSPS) is 19.4. The van der Waals surface area contributed by atoms with Crippen molar-refractivity contribution < 1.29 is 18.9 Å².